The molecule has 0 radical (unpaired) electrons. The minimum Gasteiger partial charge on any atom is -0.480 e. The van der Waals surface area contributed by atoms with E-state index in [4.69, 9.17) is 5.11 Å². The second-order valence-electron chi connectivity index (χ2n) is 5.52. The lowest BCUT2D eigenvalue weighted by atomic mass is 10.1. The van der Waals surface area contributed by atoms with Crippen molar-refractivity contribution >= 4 is 11.8 Å². The number of nitrogens with one attached hydrogen (secondary N) is 1. The van der Waals surface area contributed by atoms with Crippen molar-refractivity contribution < 1.29 is 14.7 Å². The molecule has 20 heavy (non-hydrogen) atoms. The van der Waals surface area contributed by atoms with E-state index in [1.807, 2.05) is 0 Å². The molecule has 0 aromatic rings. The maximum absolute atomic E-state index is 11.1. The number of rotatable bonds is 14. The lowest BCUT2D eigenvalue weighted by molar-refractivity contribution is -0.142. The van der Waals surface area contributed by atoms with Gasteiger partial charge in [0.25, 0.3) is 0 Å². The monoisotopic (exact) mass is 285 g/mol. The van der Waals surface area contributed by atoms with Gasteiger partial charge in [0, 0.05) is 0 Å². The van der Waals surface area contributed by atoms with Crippen LogP contribution in [-0.4, -0.2) is 29.4 Å². The topological polar surface area (TPSA) is 66.4 Å². The van der Waals surface area contributed by atoms with Crippen LogP contribution in [0.3, 0.4) is 0 Å². The molecule has 0 aliphatic carbocycles. The van der Waals surface area contributed by atoms with E-state index in [-0.39, 0.29) is 5.78 Å². The highest BCUT2D eigenvalue weighted by molar-refractivity contribution is 6.01. The van der Waals surface area contributed by atoms with Gasteiger partial charge in [-0.2, -0.15) is 0 Å². The third-order valence-electron chi connectivity index (χ3n) is 3.53. The van der Waals surface area contributed by atoms with Gasteiger partial charge in [-0.3, -0.25) is 14.9 Å². The first kappa shape index (κ1) is 19.1. The quantitative estimate of drug-likeness (QED) is 0.378. The van der Waals surface area contributed by atoms with Gasteiger partial charge in [0.05, 0.1) is 0 Å². The second kappa shape index (κ2) is 13.1. The molecule has 0 rings (SSSR count). The first-order chi connectivity index (χ1) is 9.59. The molecule has 0 bridgehead atoms. The molecule has 0 saturated heterocycles. The number of unbranched alkanes of at least 4 members (excludes halogenated alkanes) is 9. The summed E-state index contributed by atoms with van der Waals surface area (Å²) in [5.41, 5.74) is 0. The highest BCUT2D eigenvalue weighted by atomic mass is 16.4. The summed E-state index contributed by atoms with van der Waals surface area (Å²) in [4.78, 5) is 21.8. The Bertz CT molecular complexity index is 252. The molecule has 0 fully saturated rings. The number of carbonyl (C=O) groups is 2. The average Bonchev–Trinajstić information content (AvgIpc) is 2.39. The number of carboxylic acid groups (broad SMARTS) is 1. The van der Waals surface area contributed by atoms with E-state index >= 15 is 0 Å². The minimum atomic E-state index is -1.08. The van der Waals surface area contributed by atoms with E-state index in [1.165, 1.54) is 58.3 Å². The van der Waals surface area contributed by atoms with Crippen LogP contribution in [0, 0.1) is 0 Å². The van der Waals surface area contributed by atoms with Gasteiger partial charge in [0.2, 0.25) is 0 Å². The standard InChI is InChI=1S/C16H31NO3/c1-3-4-5-6-7-8-9-10-11-12-13-17-15(14(2)18)16(19)20/h15,17H,3-13H2,1-2H3,(H,19,20). The molecular formula is C16H31NO3. The molecule has 0 heterocycles. The van der Waals surface area contributed by atoms with Crippen LogP contribution in [0.4, 0.5) is 0 Å². The Morgan fingerprint density at radius 2 is 1.35 bits per heavy atom. The van der Waals surface area contributed by atoms with Gasteiger partial charge in [0.15, 0.2) is 11.8 Å². The van der Waals surface area contributed by atoms with Crippen LogP contribution in [0.5, 0.6) is 0 Å². The molecule has 0 aromatic carbocycles. The Balaban J connectivity index is 3.32. The van der Waals surface area contributed by atoms with E-state index in [2.05, 4.69) is 12.2 Å². The second-order valence-corrected chi connectivity index (χ2v) is 5.52. The zero-order valence-electron chi connectivity index (χ0n) is 13.1. The summed E-state index contributed by atoms with van der Waals surface area (Å²) in [6, 6.07) is -1.03. The zero-order chi connectivity index (χ0) is 15.2. The molecule has 0 aliphatic heterocycles. The van der Waals surface area contributed by atoms with E-state index in [0.717, 1.165) is 12.8 Å². The first-order valence-corrected chi connectivity index (χ1v) is 8.06. The van der Waals surface area contributed by atoms with Crippen molar-refractivity contribution in [2.45, 2.75) is 84.1 Å². The summed E-state index contributed by atoms with van der Waals surface area (Å²) < 4.78 is 0. The van der Waals surface area contributed by atoms with Crippen molar-refractivity contribution in [1.82, 2.24) is 5.32 Å². The maximum atomic E-state index is 11.1. The molecule has 4 nitrogen and oxygen atoms in total. The van der Waals surface area contributed by atoms with Crippen LogP contribution in [0.25, 0.3) is 0 Å². The molecule has 1 unspecified atom stereocenters. The number of ketones is 1. The zero-order valence-corrected chi connectivity index (χ0v) is 13.1. The summed E-state index contributed by atoms with van der Waals surface area (Å²) in [5, 5.41) is 11.6. The van der Waals surface area contributed by atoms with Gasteiger partial charge in [-0.1, -0.05) is 64.7 Å². The molecule has 0 saturated carbocycles. The molecule has 118 valence electrons. The summed E-state index contributed by atoms with van der Waals surface area (Å²) in [5.74, 6) is -1.41. The SMILES string of the molecule is CCCCCCCCCCCCNC(C(C)=O)C(=O)O. The third-order valence-corrected chi connectivity index (χ3v) is 3.53. The van der Waals surface area contributed by atoms with Crippen LogP contribution in [0.2, 0.25) is 0 Å². The highest BCUT2D eigenvalue weighted by Gasteiger charge is 2.20. The Morgan fingerprint density at radius 3 is 1.75 bits per heavy atom. The van der Waals surface area contributed by atoms with E-state index < -0.39 is 12.0 Å². The fraction of sp³-hybridized carbons (Fsp3) is 0.875. The minimum absolute atomic E-state index is 0.329. The largest absolute Gasteiger partial charge is 0.480 e. The molecule has 2 N–H and O–H groups in total. The Morgan fingerprint density at radius 1 is 0.900 bits per heavy atom. The van der Waals surface area contributed by atoms with Gasteiger partial charge in [-0.25, -0.2) is 0 Å². The van der Waals surface area contributed by atoms with Crippen molar-refractivity contribution in [2.75, 3.05) is 6.54 Å². The molecule has 4 heteroatoms. The number of carboxylic acids is 1. The summed E-state index contributed by atoms with van der Waals surface area (Å²) in [6.07, 6.45) is 12.5. The normalized spacial score (nSPS) is 12.3. The predicted molar refractivity (Wildman–Crippen MR) is 82.0 cm³/mol. The van der Waals surface area contributed by atoms with Gasteiger partial charge < -0.3 is 5.11 Å². The van der Waals surface area contributed by atoms with Gasteiger partial charge in [-0.15, -0.1) is 0 Å². The lowest BCUT2D eigenvalue weighted by Gasteiger charge is -2.10. The Hall–Kier alpha value is -0.900. The van der Waals surface area contributed by atoms with Crippen LogP contribution in [0.15, 0.2) is 0 Å². The molecule has 0 amide bonds. The van der Waals surface area contributed by atoms with Crippen molar-refractivity contribution in [1.29, 1.82) is 0 Å². The van der Waals surface area contributed by atoms with Gasteiger partial charge >= 0.3 is 5.97 Å². The average molecular weight is 285 g/mol. The van der Waals surface area contributed by atoms with Crippen LogP contribution >= 0.6 is 0 Å². The first-order valence-electron chi connectivity index (χ1n) is 8.06. The van der Waals surface area contributed by atoms with Gasteiger partial charge in [0.1, 0.15) is 0 Å². The van der Waals surface area contributed by atoms with Crippen LogP contribution in [0.1, 0.15) is 78.1 Å². The summed E-state index contributed by atoms with van der Waals surface area (Å²) >= 11 is 0. The molecule has 1 atom stereocenters. The van der Waals surface area contributed by atoms with E-state index in [9.17, 15) is 9.59 Å². The number of Topliss-reactive ketones (excluding diaryl/α,β-unsaturated/α-hetero) is 1. The summed E-state index contributed by atoms with van der Waals surface area (Å²) in [6.45, 7) is 4.15. The molecule has 0 spiro atoms. The van der Waals surface area contributed by atoms with E-state index in [0.29, 0.717) is 6.54 Å². The molecule has 0 aliphatic rings. The number of hydrogen-bond acceptors (Lipinski definition) is 3. The molecule has 0 aromatic heterocycles. The lowest BCUT2D eigenvalue weighted by Crippen LogP contribution is -2.42. The van der Waals surface area contributed by atoms with Crippen molar-refractivity contribution in [3.63, 3.8) is 0 Å². The smallest absolute Gasteiger partial charge is 0.328 e. The van der Waals surface area contributed by atoms with Gasteiger partial charge in [-0.05, 0) is 19.9 Å². The Labute approximate surface area is 123 Å². The highest BCUT2D eigenvalue weighted by Crippen LogP contribution is 2.10. The fourth-order valence-corrected chi connectivity index (χ4v) is 2.26. The van der Waals surface area contributed by atoms with Crippen LogP contribution < -0.4 is 5.32 Å². The third kappa shape index (κ3) is 11.0. The Kier molecular flexibility index (Phi) is 12.5. The number of carbonyl (C=O) groups excluding carboxylic acids is 1. The fourth-order valence-electron chi connectivity index (χ4n) is 2.26. The summed E-state index contributed by atoms with van der Waals surface area (Å²) in [7, 11) is 0. The number of hydrogen-bond donors (Lipinski definition) is 2. The van der Waals surface area contributed by atoms with Crippen molar-refractivity contribution in [3.05, 3.63) is 0 Å². The molecular weight excluding hydrogens is 254 g/mol. The maximum Gasteiger partial charge on any atom is 0.328 e. The number of aliphatic carboxylic acids is 1. The van der Waals surface area contributed by atoms with Crippen molar-refractivity contribution in [3.8, 4) is 0 Å². The van der Waals surface area contributed by atoms with Crippen LogP contribution in [-0.2, 0) is 9.59 Å². The van der Waals surface area contributed by atoms with Crippen molar-refractivity contribution in [2.24, 2.45) is 0 Å². The predicted octanol–water partition coefficient (Wildman–Crippen LogP) is 3.54. The van der Waals surface area contributed by atoms with E-state index in [1.54, 1.807) is 0 Å².